The molecular weight excluding hydrogens is 374 g/mol. The van der Waals surface area contributed by atoms with E-state index >= 15 is 0 Å². The van der Waals surface area contributed by atoms with Gasteiger partial charge >= 0.3 is 0 Å². The van der Waals surface area contributed by atoms with Crippen LogP contribution in [0.15, 0.2) is 52.4 Å². The third kappa shape index (κ3) is 2.97. The van der Waals surface area contributed by atoms with Gasteiger partial charge in [0.1, 0.15) is 11.0 Å². The summed E-state index contributed by atoms with van der Waals surface area (Å²) in [7, 11) is 0. The molecule has 6 nitrogen and oxygen atoms in total. The van der Waals surface area contributed by atoms with Gasteiger partial charge in [-0.25, -0.2) is 4.98 Å². The van der Waals surface area contributed by atoms with E-state index in [1.807, 2.05) is 56.3 Å². The Labute approximate surface area is 165 Å². The van der Waals surface area contributed by atoms with E-state index < -0.39 is 11.2 Å². The van der Waals surface area contributed by atoms with Crippen LogP contribution in [-0.2, 0) is 4.79 Å². The highest BCUT2D eigenvalue weighted by Crippen LogP contribution is 2.29. The summed E-state index contributed by atoms with van der Waals surface area (Å²) in [5, 5.41) is 11.6. The predicted octanol–water partition coefficient (Wildman–Crippen LogP) is 2.71. The smallest absolute Gasteiger partial charge is 0.283 e. The normalized spacial score (nSPS) is 12.5. The molecule has 4 rings (SSSR count). The largest absolute Gasteiger partial charge is 0.549 e. The monoisotopic (exact) mass is 392 g/mol. The number of carbonyl (C=O) groups is 1. The molecule has 2 aromatic carbocycles. The van der Waals surface area contributed by atoms with Crippen LogP contribution in [0, 0.1) is 13.8 Å². The minimum absolute atomic E-state index is 0.261. The molecular formula is C21H18N3O3S-. The number of carbonyl (C=O) groups excluding carboxylic acids is 1. The average Bonchev–Trinajstić information content (AvgIpc) is 3.03. The highest BCUT2D eigenvalue weighted by atomic mass is 32.2. The SMILES string of the molecule is Cc1ccc(C)c(-n2c(S[C@@H](C)C(=O)[O-])nc3c([nH]c4ccccc43)c2=O)c1. The summed E-state index contributed by atoms with van der Waals surface area (Å²) in [5.74, 6) is -1.20. The summed E-state index contributed by atoms with van der Waals surface area (Å²) in [6.45, 7) is 5.38. The van der Waals surface area contributed by atoms with Crippen molar-refractivity contribution in [1.29, 1.82) is 0 Å². The van der Waals surface area contributed by atoms with Crippen LogP contribution >= 0.6 is 11.8 Å². The molecule has 0 saturated heterocycles. The number of hydrogen-bond donors (Lipinski definition) is 1. The molecule has 1 atom stereocenters. The van der Waals surface area contributed by atoms with E-state index in [1.165, 1.54) is 11.5 Å². The van der Waals surface area contributed by atoms with Gasteiger partial charge < -0.3 is 14.9 Å². The van der Waals surface area contributed by atoms with E-state index in [0.717, 1.165) is 33.8 Å². The first-order valence-corrected chi connectivity index (χ1v) is 9.73. The van der Waals surface area contributed by atoms with E-state index in [-0.39, 0.29) is 5.56 Å². The molecule has 142 valence electrons. The van der Waals surface area contributed by atoms with Gasteiger partial charge in [-0.05, 0) is 44.0 Å². The van der Waals surface area contributed by atoms with E-state index in [9.17, 15) is 14.7 Å². The number of carboxylic acids is 1. The van der Waals surface area contributed by atoms with Gasteiger partial charge in [0.15, 0.2) is 5.16 Å². The van der Waals surface area contributed by atoms with Crippen molar-refractivity contribution < 1.29 is 9.90 Å². The Morgan fingerprint density at radius 3 is 2.71 bits per heavy atom. The lowest BCUT2D eigenvalue weighted by molar-refractivity contribution is -0.304. The minimum atomic E-state index is -1.20. The lowest BCUT2D eigenvalue weighted by atomic mass is 10.1. The van der Waals surface area contributed by atoms with E-state index in [1.54, 1.807) is 0 Å². The molecule has 0 unspecified atom stereocenters. The number of aromatic nitrogens is 3. The fourth-order valence-corrected chi connectivity index (χ4v) is 4.04. The van der Waals surface area contributed by atoms with Crippen molar-refractivity contribution in [2.75, 3.05) is 0 Å². The quantitative estimate of drug-likeness (QED) is 0.426. The van der Waals surface area contributed by atoms with Crippen molar-refractivity contribution in [3.63, 3.8) is 0 Å². The van der Waals surface area contributed by atoms with Crippen molar-refractivity contribution in [1.82, 2.24) is 14.5 Å². The first-order valence-electron chi connectivity index (χ1n) is 8.85. The lowest BCUT2D eigenvalue weighted by Gasteiger charge is -2.18. The number of para-hydroxylation sites is 1. The molecule has 0 spiro atoms. The number of nitrogens with one attached hydrogen (secondary N) is 1. The number of aliphatic carboxylic acids is 1. The maximum Gasteiger partial charge on any atom is 0.283 e. The number of rotatable bonds is 4. The number of benzene rings is 2. The van der Waals surface area contributed by atoms with Gasteiger partial charge in [0.05, 0.1) is 11.7 Å². The van der Waals surface area contributed by atoms with Crippen LogP contribution in [0.4, 0.5) is 0 Å². The van der Waals surface area contributed by atoms with Crippen molar-refractivity contribution in [2.45, 2.75) is 31.2 Å². The molecule has 0 saturated carbocycles. The first-order chi connectivity index (χ1) is 13.4. The Morgan fingerprint density at radius 1 is 1.21 bits per heavy atom. The number of hydrogen-bond acceptors (Lipinski definition) is 5. The number of aromatic amines is 1. The summed E-state index contributed by atoms with van der Waals surface area (Å²) in [6.07, 6.45) is 0. The zero-order valence-corrected chi connectivity index (χ0v) is 16.5. The zero-order valence-electron chi connectivity index (χ0n) is 15.6. The molecule has 2 aromatic heterocycles. The maximum atomic E-state index is 13.4. The molecule has 0 radical (unpaired) electrons. The van der Waals surface area contributed by atoms with Gasteiger partial charge in [-0.1, -0.05) is 42.1 Å². The summed E-state index contributed by atoms with van der Waals surface area (Å²) in [4.78, 5) is 32.6. The third-order valence-electron chi connectivity index (χ3n) is 4.71. The number of fused-ring (bicyclic) bond motifs is 3. The Morgan fingerprint density at radius 2 is 1.96 bits per heavy atom. The molecule has 0 amide bonds. The molecule has 4 aromatic rings. The van der Waals surface area contributed by atoms with E-state index in [4.69, 9.17) is 4.98 Å². The lowest BCUT2D eigenvalue weighted by Crippen LogP contribution is -2.32. The van der Waals surface area contributed by atoms with Crippen molar-refractivity contribution in [3.8, 4) is 5.69 Å². The second kappa shape index (κ2) is 6.83. The van der Waals surface area contributed by atoms with Crippen molar-refractivity contribution >= 4 is 39.7 Å². The van der Waals surface area contributed by atoms with Crippen LogP contribution in [-0.4, -0.2) is 25.8 Å². The van der Waals surface area contributed by atoms with Gasteiger partial charge in [0.25, 0.3) is 5.56 Å². The highest BCUT2D eigenvalue weighted by molar-refractivity contribution is 8.00. The fraction of sp³-hybridized carbons (Fsp3) is 0.190. The predicted molar refractivity (Wildman–Crippen MR) is 109 cm³/mol. The van der Waals surface area contributed by atoms with Crippen LogP contribution in [0.2, 0.25) is 0 Å². The molecule has 0 aliphatic heterocycles. The molecule has 1 N–H and O–H groups in total. The van der Waals surface area contributed by atoms with Gasteiger partial charge in [-0.2, -0.15) is 0 Å². The molecule has 0 aliphatic rings. The standard InChI is InChI=1S/C21H19N3O3S/c1-11-8-9-12(2)16(10-11)24-19(25)18-17(14-6-4-5-7-15(14)22-18)23-21(24)28-13(3)20(26)27/h4-10,13,22H,1-3H3,(H,26,27)/p-1/t13-/m0/s1. The van der Waals surface area contributed by atoms with Gasteiger partial charge in [-0.15, -0.1) is 0 Å². The molecule has 0 fully saturated rings. The third-order valence-corrected chi connectivity index (χ3v) is 5.74. The van der Waals surface area contributed by atoms with Gasteiger partial charge in [0.2, 0.25) is 0 Å². The summed E-state index contributed by atoms with van der Waals surface area (Å²) < 4.78 is 1.49. The fourth-order valence-electron chi connectivity index (χ4n) is 3.20. The van der Waals surface area contributed by atoms with Crippen LogP contribution in [0.1, 0.15) is 18.1 Å². The second-order valence-corrected chi connectivity index (χ2v) is 8.11. The van der Waals surface area contributed by atoms with Crippen LogP contribution in [0.5, 0.6) is 0 Å². The van der Waals surface area contributed by atoms with Gasteiger partial charge in [-0.3, -0.25) is 9.36 Å². The van der Waals surface area contributed by atoms with E-state index in [0.29, 0.717) is 21.9 Å². The first kappa shape index (κ1) is 18.3. The van der Waals surface area contributed by atoms with Crippen LogP contribution < -0.4 is 10.7 Å². The molecule has 7 heteroatoms. The van der Waals surface area contributed by atoms with E-state index in [2.05, 4.69) is 4.98 Å². The summed E-state index contributed by atoms with van der Waals surface area (Å²) in [6, 6.07) is 13.3. The van der Waals surface area contributed by atoms with Crippen molar-refractivity contribution in [2.24, 2.45) is 0 Å². The number of thioether (sulfide) groups is 1. The number of H-pyrrole nitrogens is 1. The minimum Gasteiger partial charge on any atom is -0.549 e. The Balaban J connectivity index is 2.09. The number of nitrogens with zero attached hydrogens (tertiary/aromatic N) is 2. The van der Waals surface area contributed by atoms with Crippen LogP contribution in [0.3, 0.4) is 0 Å². The summed E-state index contributed by atoms with van der Waals surface area (Å²) in [5.41, 5.74) is 4.06. The van der Waals surface area contributed by atoms with Crippen molar-refractivity contribution in [3.05, 3.63) is 63.9 Å². The average molecular weight is 392 g/mol. The molecule has 0 bridgehead atoms. The van der Waals surface area contributed by atoms with Gasteiger partial charge in [0, 0.05) is 16.2 Å². The molecule has 28 heavy (non-hydrogen) atoms. The Bertz CT molecular complexity index is 1290. The second-order valence-electron chi connectivity index (χ2n) is 6.80. The topological polar surface area (TPSA) is 90.8 Å². The number of aryl methyl sites for hydroxylation is 2. The maximum absolute atomic E-state index is 13.4. The summed E-state index contributed by atoms with van der Waals surface area (Å²) >= 11 is 1.00. The Hall–Kier alpha value is -3.06. The molecule has 0 aliphatic carbocycles. The zero-order chi connectivity index (χ0) is 20.0. The molecule has 2 heterocycles. The number of carboxylic acid groups (broad SMARTS) is 1. The Kier molecular flexibility index (Phi) is 4.47. The van der Waals surface area contributed by atoms with Crippen LogP contribution in [0.25, 0.3) is 27.6 Å². The highest BCUT2D eigenvalue weighted by Gasteiger charge is 2.20.